The van der Waals surface area contributed by atoms with Crippen LogP contribution in [0, 0.1) is 12.7 Å². The number of rotatable bonds is 7. The molecule has 0 saturated heterocycles. The lowest BCUT2D eigenvalue weighted by molar-refractivity contribution is 0.283. The molecule has 0 saturated carbocycles. The third-order valence-electron chi connectivity index (χ3n) is 3.22. The maximum absolute atomic E-state index is 13.9. The molecule has 1 N–H and O–H groups in total. The smallest absolute Gasteiger partial charge is 0.165 e. The molecule has 0 bridgehead atoms. The van der Waals surface area contributed by atoms with Gasteiger partial charge in [0, 0.05) is 25.0 Å². The molecule has 114 valence electrons. The van der Waals surface area contributed by atoms with E-state index in [-0.39, 0.29) is 5.82 Å². The van der Waals surface area contributed by atoms with Gasteiger partial charge in [0.05, 0.1) is 6.54 Å². The highest BCUT2D eigenvalue weighted by molar-refractivity contribution is 5.29. The maximum atomic E-state index is 13.9. The Morgan fingerprint density at radius 1 is 1.38 bits per heavy atom. The van der Waals surface area contributed by atoms with Gasteiger partial charge in [0.1, 0.15) is 12.4 Å². The molecule has 0 fully saturated rings. The van der Waals surface area contributed by atoms with Crippen molar-refractivity contribution in [2.45, 2.75) is 39.9 Å². The summed E-state index contributed by atoms with van der Waals surface area (Å²) in [4.78, 5) is 4.13. The molecule has 0 aliphatic rings. The number of hydrogen-bond donors (Lipinski definition) is 1. The number of aryl methyl sites for hydroxylation is 1. The largest absolute Gasteiger partial charge is 0.489 e. The second-order valence-electron chi connectivity index (χ2n) is 5.32. The van der Waals surface area contributed by atoms with Crippen LogP contribution in [0.15, 0.2) is 30.6 Å². The second kappa shape index (κ2) is 7.22. The van der Waals surface area contributed by atoms with Crippen molar-refractivity contribution in [1.82, 2.24) is 14.9 Å². The molecule has 0 amide bonds. The summed E-state index contributed by atoms with van der Waals surface area (Å²) in [5.41, 5.74) is 0.916. The van der Waals surface area contributed by atoms with Gasteiger partial charge in [-0.25, -0.2) is 9.37 Å². The first kappa shape index (κ1) is 15.5. The number of benzene rings is 1. The topological polar surface area (TPSA) is 39.1 Å². The molecular weight excluding hydrogens is 269 g/mol. The molecule has 1 heterocycles. The minimum atomic E-state index is -0.319. The second-order valence-corrected chi connectivity index (χ2v) is 5.32. The number of nitrogens with zero attached hydrogens (tertiary/aromatic N) is 2. The van der Waals surface area contributed by atoms with Crippen LogP contribution >= 0.6 is 0 Å². The number of nitrogens with one attached hydrogen (secondary N) is 1. The zero-order valence-electron chi connectivity index (χ0n) is 12.8. The molecule has 0 aliphatic carbocycles. The molecule has 0 atom stereocenters. The van der Waals surface area contributed by atoms with Crippen LogP contribution < -0.4 is 10.1 Å². The first-order valence-corrected chi connectivity index (χ1v) is 7.18. The van der Waals surface area contributed by atoms with Gasteiger partial charge in [0.25, 0.3) is 0 Å². The van der Waals surface area contributed by atoms with Crippen LogP contribution in [0.25, 0.3) is 0 Å². The maximum Gasteiger partial charge on any atom is 0.165 e. The fourth-order valence-electron chi connectivity index (χ4n) is 1.99. The quantitative estimate of drug-likeness (QED) is 0.852. The van der Waals surface area contributed by atoms with Gasteiger partial charge in [-0.2, -0.15) is 0 Å². The molecule has 1 aromatic heterocycles. The van der Waals surface area contributed by atoms with Gasteiger partial charge >= 0.3 is 0 Å². The lowest BCUT2D eigenvalue weighted by Crippen LogP contribution is -2.21. The van der Waals surface area contributed by atoms with Gasteiger partial charge in [0.2, 0.25) is 0 Å². The molecule has 0 spiro atoms. The first-order valence-electron chi connectivity index (χ1n) is 7.18. The van der Waals surface area contributed by atoms with Crippen molar-refractivity contribution in [3.8, 4) is 5.75 Å². The lowest BCUT2D eigenvalue weighted by atomic mass is 10.2. The molecule has 21 heavy (non-hydrogen) atoms. The van der Waals surface area contributed by atoms with Gasteiger partial charge in [0.15, 0.2) is 11.6 Å². The van der Waals surface area contributed by atoms with E-state index < -0.39 is 0 Å². The molecular formula is C16H22FN3O. The zero-order valence-corrected chi connectivity index (χ0v) is 12.8. The highest BCUT2D eigenvalue weighted by Crippen LogP contribution is 2.18. The Hall–Kier alpha value is -1.88. The van der Waals surface area contributed by atoms with E-state index >= 15 is 0 Å². The standard InChI is InChI=1S/C16H22FN3O/c1-12(2)19-11-14-4-5-16(15(17)10-14)21-9-8-20-7-6-18-13(20)3/h4-7,10,12,19H,8-9,11H2,1-3H3. The summed E-state index contributed by atoms with van der Waals surface area (Å²) in [7, 11) is 0. The molecule has 2 rings (SSSR count). The highest BCUT2D eigenvalue weighted by atomic mass is 19.1. The van der Waals surface area contributed by atoms with Crippen LogP contribution in [0.1, 0.15) is 25.2 Å². The van der Waals surface area contributed by atoms with E-state index in [2.05, 4.69) is 24.1 Å². The van der Waals surface area contributed by atoms with Crippen LogP contribution in [-0.4, -0.2) is 22.2 Å². The van der Waals surface area contributed by atoms with Crippen LogP contribution in [0.4, 0.5) is 4.39 Å². The summed E-state index contributed by atoms with van der Waals surface area (Å²) in [5.74, 6) is 0.899. The summed E-state index contributed by atoms with van der Waals surface area (Å²) in [6, 6.07) is 5.47. The molecule has 1 aromatic carbocycles. The summed E-state index contributed by atoms with van der Waals surface area (Å²) < 4.78 is 21.4. The summed E-state index contributed by atoms with van der Waals surface area (Å²) in [6.45, 7) is 7.78. The number of ether oxygens (including phenoxy) is 1. The number of hydrogen-bond acceptors (Lipinski definition) is 3. The van der Waals surface area contributed by atoms with Gasteiger partial charge < -0.3 is 14.6 Å². The summed E-state index contributed by atoms with van der Waals surface area (Å²) in [6.07, 6.45) is 3.63. The van der Waals surface area contributed by atoms with Gasteiger partial charge in [-0.1, -0.05) is 19.9 Å². The Labute approximate surface area is 125 Å². The SMILES string of the molecule is Cc1nccn1CCOc1ccc(CNC(C)C)cc1F. The van der Waals surface area contributed by atoms with E-state index in [0.29, 0.717) is 31.5 Å². The van der Waals surface area contributed by atoms with Crippen LogP contribution in [0.3, 0.4) is 0 Å². The Morgan fingerprint density at radius 2 is 2.19 bits per heavy atom. The first-order chi connectivity index (χ1) is 10.1. The highest BCUT2D eigenvalue weighted by Gasteiger charge is 2.06. The Morgan fingerprint density at radius 3 is 2.81 bits per heavy atom. The predicted molar refractivity (Wildman–Crippen MR) is 80.8 cm³/mol. The van der Waals surface area contributed by atoms with E-state index in [4.69, 9.17) is 4.74 Å². The van der Waals surface area contributed by atoms with Crippen LogP contribution in [0.5, 0.6) is 5.75 Å². The third kappa shape index (κ3) is 4.56. The minimum Gasteiger partial charge on any atom is -0.489 e. The van der Waals surface area contributed by atoms with Crippen LogP contribution in [-0.2, 0) is 13.1 Å². The van der Waals surface area contributed by atoms with E-state index in [0.717, 1.165) is 11.4 Å². The third-order valence-corrected chi connectivity index (χ3v) is 3.22. The van der Waals surface area contributed by atoms with Crippen molar-refractivity contribution in [2.75, 3.05) is 6.61 Å². The van der Waals surface area contributed by atoms with Gasteiger partial charge in [-0.3, -0.25) is 0 Å². The van der Waals surface area contributed by atoms with Crippen molar-refractivity contribution in [3.63, 3.8) is 0 Å². The van der Waals surface area contributed by atoms with Crippen LogP contribution in [0.2, 0.25) is 0 Å². The lowest BCUT2D eigenvalue weighted by Gasteiger charge is -2.11. The van der Waals surface area contributed by atoms with Crippen molar-refractivity contribution in [1.29, 1.82) is 0 Å². The Balaban J connectivity index is 1.87. The van der Waals surface area contributed by atoms with Crippen molar-refractivity contribution >= 4 is 0 Å². The Bertz CT molecular complexity index is 581. The molecule has 0 unspecified atom stereocenters. The summed E-state index contributed by atoms with van der Waals surface area (Å²) in [5, 5.41) is 3.26. The Kier molecular flexibility index (Phi) is 5.33. The fraction of sp³-hybridized carbons (Fsp3) is 0.438. The van der Waals surface area contributed by atoms with E-state index in [1.54, 1.807) is 12.3 Å². The van der Waals surface area contributed by atoms with E-state index in [9.17, 15) is 4.39 Å². The van der Waals surface area contributed by atoms with E-state index in [1.165, 1.54) is 6.07 Å². The molecule has 0 radical (unpaired) electrons. The zero-order chi connectivity index (χ0) is 15.2. The van der Waals surface area contributed by atoms with Crippen molar-refractivity contribution in [3.05, 3.63) is 47.8 Å². The fourth-order valence-corrected chi connectivity index (χ4v) is 1.99. The monoisotopic (exact) mass is 291 g/mol. The van der Waals surface area contributed by atoms with Gasteiger partial charge in [-0.05, 0) is 24.6 Å². The van der Waals surface area contributed by atoms with Gasteiger partial charge in [-0.15, -0.1) is 0 Å². The number of imidazole rings is 1. The minimum absolute atomic E-state index is 0.293. The molecule has 5 heteroatoms. The molecule has 0 aliphatic heterocycles. The number of aromatic nitrogens is 2. The van der Waals surface area contributed by atoms with E-state index in [1.807, 2.05) is 23.8 Å². The predicted octanol–water partition coefficient (Wildman–Crippen LogP) is 2.91. The molecule has 4 nitrogen and oxygen atoms in total. The average Bonchev–Trinajstić information content (AvgIpc) is 2.84. The summed E-state index contributed by atoms with van der Waals surface area (Å²) >= 11 is 0. The van der Waals surface area contributed by atoms with Crippen molar-refractivity contribution in [2.24, 2.45) is 0 Å². The van der Waals surface area contributed by atoms with Crippen molar-refractivity contribution < 1.29 is 9.13 Å². The average molecular weight is 291 g/mol. The normalized spacial score (nSPS) is 11.1. The number of halogens is 1. The molecule has 2 aromatic rings.